The molecular formula is C17H24N2O. The zero-order valence-electron chi connectivity index (χ0n) is 12.8. The second-order valence-corrected chi connectivity index (χ2v) is 5.79. The molecule has 0 saturated heterocycles. The van der Waals surface area contributed by atoms with Crippen LogP contribution in [0.1, 0.15) is 38.3 Å². The monoisotopic (exact) mass is 272 g/mol. The summed E-state index contributed by atoms with van der Waals surface area (Å²) in [6, 6.07) is 8.31. The maximum absolute atomic E-state index is 10.2. The molecule has 2 aromatic rings. The van der Waals surface area contributed by atoms with Crippen LogP contribution >= 0.6 is 0 Å². The molecule has 0 bridgehead atoms. The fraction of sp³-hybridized carbons (Fsp3) is 0.471. The summed E-state index contributed by atoms with van der Waals surface area (Å²) in [7, 11) is 0. The van der Waals surface area contributed by atoms with Crippen LogP contribution < -0.4 is 0 Å². The van der Waals surface area contributed by atoms with Gasteiger partial charge >= 0.3 is 0 Å². The van der Waals surface area contributed by atoms with Crippen LogP contribution in [0.4, 0.5) is 0 Å². The molecule has 0 aliphatic rings. The van der Waals surface area contributed by atoms with E-state index in [2.05, 4.69) is 44.9 Å². The van der Waals surface area contributed by atoms with E-state index in [0.717, 1.165) is 30.6 Å². The molecule has 0 atom stereocenters. The van der Waals surface area contributed by atoms with Crippen molar-refractivity contribution in [2.45, 2.75) is 47.1 Å². The van der Waals surface area contributed by atoms with Gasteiger partial charge in [-0.25, -0.2) is 0 Å². The third-order valence-corrected chi connectivity index (χ3v) is 3.48. The summed E-state index contributed by atoms with van der Waals surface area (Å²) in [5.41, 5.74) is 4.44. The summed E-state index contributed by atoms with van der Waals surface area (Å²) in [5.74, 6) is 0.674. The van der Waals surface area contributed by atoms with E-state index in [1.165, 1.54) is 11.1 Å². The van der Waals surface area contributed by atoms with Gasteiger partial charge in [0.2, 0.25) is 5.88 Å². The predicted octanol–water partition coefficient (Wildman–Crippen LogP) is 4.17. The quantitative estimate of drug-likeness (QED) is 0.887. The van der Waals surface area contributed by atoms with Gasteiger partial charge < -0.3 is 5.11 Å². The van der Waals surface area contributed by atoms with E-state index in [1.54, 1.807) is 0 Å². The number of nitrogens with zero attached hydrogens (tertiary/aromatic N) is 2. The predicted molar refractivity (Wildman–Crippen MR) is 82.9 cm³/mol. The Morgan fingerprint density at radius 2 is 1.95 bits per heavy atom. The highest BCUT2D eigenvalue weighted by atomic mass is 16.3. The Balaban J connectivity index is 2.61. The number of rotatable bonds is 5. The van der Waals surface area contributed by atoms with Crippen LogP contribution in [0.25, 0.3) is 11.3 Å². The molecule has 1 heterocycles. The van der Waals surface area contributed by atoms with Gasteiger partial charge in [0.15, 0.2) is 0 Å². The Kier molecular flexibility index (Phi) is 4.48. The van der Waals surface area contributed by atoms with Gasteiger partial charge in [-0.15, -0.1) is 5.10 Å². The molecule has 3 heteroatoms. The van der Waals surface area contributed by atoms with Crippen molar-refractivity contribution in [1.29, 1.82) is 0 Å². The van der Waals surface area contributed by atoms with Crippen LogP contribution in [0.3, 0.4) is 0 Å². The van der Waals surface area contributed by atoms with Gasteiger partial charge in [0, 0.05) is 17.7 Å². The average Bonchev–Trinajstić information content (AvgIpc) is 2.67. The molecule has 2 rings (SSSR count). The summed E-state index contributed by atoms with van der Waals surface area (Å²) in [5, 5.41) is 14.6. The topological polar surface area (TPSA) is 38.0 Å². The first-order valence-electron chi connectivity index (χ1n) is 7.39. The smallest absolute Gasteiger partial charge is 0.234 e. The Bertz CT molecular complexity index is 585. The van der Waals surface area contributed by atoms with E-state index < -0.39 is 0 Å². The minimum absolute atomic E-state index is 0.186. The first-order valence-corrected chi connectivity index (χ1v) is 7.39. The molecule has 0 saturated carbocycles. The number of hydrogen-bond acceptors (Lipinski definition) is 2. The van der Waals surface area contributed by atoms with Gasteiger partial charge in [0.25, 0.3) is 0 Å². The first kappa shape index (κ1) is 14.6. The van der Waals surface area contributed by atoms with Gasteiger partial charge in [-0.2, -0.15) is 0 Å². The number of aromatic nitrogens is 2. The van der Waals surface area contributed by atoms with Crippen molar-refractivity contribution in [3.63, 3.8) is 0 Å². The van der Waals surface area contributed by atoms with Crippen LogP contribution in [0.5, 0.6) is 5.88 Å². The lowest BCUT2D eigenvalue weighted by Crippen LogP contribution is -2.04. The summed E-state index contributed by atoms with van der Waals surface area (Å²) >= 11 is 0. The van der Waals surface area contributed by atoms with Gasteiger partial charge in [0.1, 0.15) is 0 Å². The molecule has 1 N–H and O–H groups in total. The van der Waals surface area contributed by atoms with E-state index in [9.17, 15) is 5.11 Å². The number of benzene rings is 1. The Morgan fingerprint density at radius 1 is 1.25 bits per heavy atom. The second-order valence-electron chi connectivity index (χ2n) is 5.79. The summed E-state index contributed by atoms with van der Waals surface area (Å²) in [6.07, 6.45) is 1.85. The maximum atomic E-state index is 10.2. The fourth-order valence-corrected chi connectivity index (χ4v) is 2.60. The summed E-state index contributed by atoms with van der Waals surface area (Å²) in [4.78, 5) is 0. The maximum Gasteiger partial charge on any atom is 0.234 e. The molecule has 0 spiro atoms. The van der Waals surface area contributed by atoms with E-state index >= 15 is 0 Å². The van der Waals surface area contributed by atoms with Crippen molar-refractivity contribution in [1.82, 2.24) is 9.78 Å². The van der Waals surface area contributed by atoms with E-state index in [-0.39, 0.29) is 5.88 Å². The zero-order valence-corrected chi connectivity index (χ0v) is 12.8. The molecule has 0 amide bonds. The normalized spacial score (nSPS) is 11.2. The van der Waals surface area contributed by atoms with Crippen molar-refractivity contribution < 1.29 is 5.11 Å². The zero-order chi connectivity index (χ0) is 14.7. The van der Waals surface area contributed by atoms with Gasteiger partial charge in [-0.05, 0) is 31.2 Å². The molecule has 1 aromatic heterocycles. The number of aryl methyl sites for hydroxylation is 2. The summed E-state index contributed by atoms with van der Waals surface area (Å²) in [6.45, 7) is 9.39. The largest absolute Gasteiger partial charge is 0.492 e. The molecule has 20 heavy (non-hydrogen) atoms. The number of hydrogen-bond donors (Lipinski definition) is 1. The minimum Gasteiger partial charge on any atom is -0.492 e. The van der Waals surface area contributed by atoms with Gasteiger partial charge in [-0.3, -0.25) is 4.68 Å². The Labute approximate surface area is 121 Å². The average molecular weight is 272 g/mol. The van der Waals surface area contributed by atoms with Crippen LogP contribution in [-0.4, -0.2) is 14.9 Å². The van der Waals surface area contributed by atoms with Crippen LogP contribution in [0.15, 0.2) is 24.3 Å². The van der Waals surface area contributed by atoms with Crippen molar-refractivity contribution in [2.24, 2.45) is 5.92 Å². The van der Waals surface area contributed by atoms with E-state index in [0.29, 0.717) is 5.92 Å². The molecule has 0 fully saturated rings. The molecule has 0 aliphatic carbocycles. The molecular weight excluding hydrogens is 248 g/mol. The highest BCUT2D eigenvalue weighted by Gasteiger charge is 2.20. The Morgan fingerprint density at radius 3 is 2.55 bits per heavy atom. The van der Waals surface area contributed by atoms with E-state index in [1.807, 2.05) is 16.8 Å². The lowest BCUT2D eigenvalue weighted by atomic mass is 9.97. The van der Waals surface area contributed by atoms with Crippen LogP contribution in [-0.2, 0) is 13.0 Å². The second kappa shape index (κ2) is 6.12. The van der Waals surface area contributed by atoms with Crippen molar-refractivity contribution in [3.05, 3.63) is 35.4 Å². The van der Waals surface area contributed by atoms with Gasteiger partial charge in [-0.1, -0.05) is 45.0 Å². The standard InChI is InChI=1S/C17H24N2O/c1-5-10-19-16(14-9-7-6-8-13(14)4)15(11-12(2)3)17(20)18-19/h6-9,12H,5,10-11H2,1-4H3,(H,18,20). The Hall–Kier alpha value is -1.77. The molecule has 0 radical (unpaired) electrons. The lowest BCUT2D eigenvalue weighted by molar-refractivity contribution is 0.429. The van der Waals surface area contributed by atoms with Crippen LogP contribution in [0.2, 0.25) is 0 Å². The van der Waals surface area contributed by atoms with Crippen molar-refractivity contribution >= 4 is 0 Å². The molecule has 0 unspecified atom stereocenters. The minimum atomic E-state index is 0.186. The third-order valence-electron chi connectivity index (χ3n) is 3.48. The molecule has 3 nitrogen and oxygen atoms in total. The third kappa shape index (κ3) is 2.87. The number of aromatic hydroxyl groups is 1. The SMILES string of the molecule is CCCn1nc(O)c(CC(C)C)c1-c1ccccc1C. The molecule has 1 aromatic carbocycles. The highest BCUT2D eigenvalue weighted by Crippen LogP contribution is 2.33. The van der Waals surface area contributed by atoms with E-state index in [4.69, 9.17) is 0 Å². The lowest BCUT2D eigenvalue weighted by Gasteiger charge is -2.12. The van der Waals surface area contributed by atoms with Crippen molar-refractivity contribution in [2.75, 3.05) is 0 Å². The summed E-state index contributed by atoms with van der Waals surface area (Å²) < 4.78 is 1.95. The van der Waals surface area contributed by atoms with Crippen molar-refractivity contribution in [3.8, 4) is 17.1 Å². The highest BCUT2D eigenvalue weighted by molar-refractivity contribution is 5.69. The molecule has 0 aliphatic heterocycles. The first-order chi connectivity index (χ1) is 9.54. The fourth-order valence-electron chi connectivity index (χ4n) is 2.60. The van der Waals surface area contributed by atoms with Crippen LogP contribution in [0, 0.1) is 12.8 Å². The van der Waals surface area contributed by atoms with Gasteiger partial charge in [0.05, 0.1) is 5.69 Å². The molecule has 108 valence electrons.